The van der Waals surface area contributed by atoms with Crippen LogP contribution in [0.15, 0.2) is 11.6 Å². The Bertz CT molecular complexity index is 889. The topological polar surface area (TPSA) is 54.4 Å². The predicted molar refractivity (Wildman–Crippen MR) is 132 cm³/mol. The summed E-state index contributed by atoms with van der Waals surface area (Å²) in [5, 5.41) is 9.45. The summed E-state index contributed by atoms with van der Waals surface area (Å²) in [5.41, 5.74) is 1.98. The largest absolute Gasteiger partial charge is 0.481 e. The third-order valence-corrected chi connectivity index (χ3v) is 12.7. The second kappa shape index (κ2) is 7.44. The minimum atomic E-state index is -0.670. The normalized spacial score (nSPS) is 53.8. The predicted octanol–water partition coefficient (Wildman–Crippen LogP) is 7.30. The highest BCUT2D eigenvalue weighted by atomic mass is 16.4. The van der Waals surface area contributed by atoms with E-state index in [-0.39, 0.29) is 34.5 Å². The van der Waals surface area contributed by atoms with Gasteiger partial charge in [-0.05, 0) is 102 Å². The van der Waals surface area contributed by atoms with Crippen LogP contribution >= 0.6 is 0 Å². The number of hydrogen-bond donors (Lipinski definition) is 1. The number of ketones is 1. The van der Waals surface area contributed by atoms with E-state index in [2.05, 4.69) is 47.6 Å². The first-order valence-corrected chi connectivity index (χ1v) is 13.9. The van der Waals surface area contributed by atoms with Gasteiger partial charge in [0.1, 0.15) is 0 Å². The molecule has 0 aromatic rings. The van der Waals surface area contributed by atoms with Gasteiger partial charge in [0.05, 0.1) is 0 Å². The zero-order chi connectivity index (χ0) is 24.0. The van der Waals surface area contributed by atoms with Gasteiger partial charge in [-0.3, -0.25) is 9.59 Å². The highest BCUT2D eigenvalue weighted by Gasteiger charge is 2.68. The van der Waals surface area contributed by atoms with Gasteiger partial charge in [-0.15, -0.1) is 0 Å². The van der Waals surface area contributed by atoms with E-state index in [1.807, 2.05) is 0 Å². The van der Waals surface area contributed by atoms with Crippen LogP contribution in [0.25, 0.3) is 0 Å². The first-order chi connectivity index (χ1) is 15.4. The van der Waals surface area contributed by atoms with Gasteiger partial charge in [0.15, 0.2) is 5.78 Å². The van der Waals surface area contributed by atoms with Gasteiger partial charge in [0.2, 0.25) is 0 Å². The lowest BCUT2D eigenvalue weighted by Gasteiger charge is -2.69. The summed E-state index contributed by atoms with van der Waals surface area (Å²) in [7, 11) is 0. The zero-order valence-electron chi connectivity index (χ0n) is 21.9. The Hall–Kier alpha value is -1.12. The number of allylic oxidation sites excluding steroid dienone is 2. The Morgan fingerprint density at radius 1 is 1.00 bits per heavy atom. The van der Waals surface area contributed by atoms with E-state index in [1.165, 1.54) is 37.7 Å². The smallest absolute Gasteiger partial charge is 0.303 e. The van der Waals surface area contributed by atoms with Crippen LogP contribution in [-0.2, 0) is 9.59 Å². The molecule has 33 heavy (non-hydrogen) atoms. The number of fused-ring (bicyclic) bond motifs is 7. The third-order valence-electron chi connectivity index (χ3n) is 12.7. The van der Waals surface area contributed by atoms with Gasteiger partial charge < -0.3 is 5.11 Å². The van der Waals surface area contributed by atoms with E-state index in [1.54, 1.807) is 0 Å². The SMILES string of the molecule is C[C@@H]1C(CC(=O)O)CC[C@@]2(C)C1CC[C@]1(C)C2C(=O)C=C2C3[C@@H](C)CCC[C@]3(C)CC[C@]21C. The van der Waals surface area contributed by atoms with Crippen molar-refractivity contribution in [3.05, 3.63) is 11.6 Å². The highest BCUT2D eigenvalue weighted by molar-refractivity contribution is 5.95. The number of carboxylic acids is 1. The number of carbonyl (C=O) groups is 2. The average Bonchev–Trinajstić information content (AvgIpc) is 2.71. The van der Waals surface area contributed by atoms with Gasteiger partial charge in [0, 0.05) is 12.3 Å². The molecule has 5 aliphatic carbocycles. The van der Waals surface area contributed by atoms with Crippen LogP contribution in [0.2, 0.25) is 0 Å². The molecule has 4 fully saturated rings. The number of aliphatic carboxylic acids is 1. The summed E-state index contributed by atoms with van der Waals surface area (Å²) < 4.78 is 0. The quantitative estimate of drug-likeness (QED) is 0.476. The summed E-state index contributed by atoms with van der Waals surface area (Å²) in [5.74, 6) is 2.13. The molecule has 0 amide bonds. The molecule has 0 saturated heterocycles. The van der Waals surface area contributed by atoms with Crippen LogP contribution in [0.4, 0.5) is 0 Å². The van der Waals surface area contributed by atoms with E-state index in [4.69, 9.17) is 0 Å². The minimum absolute atomic E-state index is 0.0112. The second-order valence-corrected chi connectivity index (χ2v) is 14.1. The molecule has 5 aliphatic rings. The van der Waals surface area contributed by atoms with Crippen molar-refractivity contribution in [2.45, 2.75) is 106 Å². The summed E-state index contributed by atoms with van der Waals surface area (Å²) in [6.45, 7) is 14.7. The molecule has 0 radical (unpaired) electrons. The van der Waals surface area contributed by atoms with Crippen molar-refractivity contribution in [3.8, 4) is 0 Å². The first kappa shape index (κ1) is 23.6. The summed E-state index contributed by atoms with van der Waals surface area (Å²) in [6.07, 6.45) is 13.1. The molecule has 0 bridgehead atoms. The van der Waals surface area contributed by atoms with Crippen LogP contribution in [0.3, 0.4) is 0 Å². The highest BCUT2D eigenvalue weighted by Crippen LogP contribution is 2.74. The number of hydrogen-bond acceptors (Lipinski definition) is 2. The summed E-state index contributed by atoms with van der Waals surface area (Å²) in [4.78, 5) is 25.7. The van der Waals surface area contributed by atoms with Crippen LogP contribution in [-0.4, -0.2) is 16.9 Å². The maximum absolute atomic E-state index is 14.2. The zero-order valence-corrected chi connectivity index (χ0v) is 21.9. The van der Waals surface area contributed by atoms with E-state index < -0.39 is 5.97 Å². The van der Waals surface area contributed by atoms with Gasteiger partial charge in [-0.1, -0.05) is 60.0 Å². The van der Waals surface area contributed by atoms with E-state index >= 15 is 0 Å². The fourth-order valence-electron chi connectivity index (χ4n) is 10.8. The third kappa shape index (κ3) is 3.05. The van der Waals surface area contributed by atoms with Crippen molar-refractivity contribution in [1.29, 1.82) is 0 Å². The molecule has 5 rings (SSSR count). The molecule has 4 unspecified atom stereocenters. The van der Waals surface area contributed by atoms with Gasteiger partial charge >= 0.3 is 5.97 Å². The standard InChI is InChI=1S/C30H46O3/c1-18-8-7-11-27(3)14-15-29(5)22(25(18)27)17-23(31)26-28(4)12-9-20(16-24(32)33)19(2)21(28)10-13-30(26,29)6/h17-21,25-26H,7-16H2,1-6H3,(H,32,33)/t18-,19+,20?,21?,25?,26?,27+,28-,29+,30+/m0/s1. The molecule has 0 aliphatic heterocycles. The second-order valence-electron chi connectivity index (χ2n) is 14.1. The Labute approximate surface area is 201 Å². The van der Waals surface area contributed by atoms with Crippen molar-refractivity contribution in [1.82, 2.24) is 0 Å². The van der Waals surface area contributed by atoms with Crippen LogP contribution in [0.5, 0.6) is 0 Å². The van der Waals surface area contributed by atoms with Crippen LogP contribution in [0.1, 0.15) is 106 Å². The molecular formula is C30H46O3. The van der Waals surface area contributed by atoms with Crippen molar-refractivity contribution in [2.75, 3.05) is 0 Å². The number of rotatable bonds is 2. The Morgan fingerprint density at radius 2 is 1.73 bits per heavy atom. The monoisotopic (exact) mass is 454 g/mol. The fourth-order valence-corrected chi connectivity index (χ4v) is 10.8. The number of carbonyl (C=O) groups excluding carboxylic acids is 1. The molecular weight excluding hydrogens is 408 g/mol. The minimum Gasteiger partial charge on any atom is -0.481 e. The molecule has 1 N–H and O–H groups in total. The lowest BCUT2D eigenvalue weighted by Crippen LogP contribution is -2.65. The van der Waals surface area contributed by atoms with E-state index in [0.717, 1.165) is 25.7 Å². The van der Waals surface area contributed by atoms with Crippen molar-refractivity contribution in [2.24, 2.45) is 57.2 Å². The molecule has 0 heterocycles. The van der Waals surface area contributed by atoms with Crippen LogP contribution in [0, 0.1) is 57.2 Å². The van der Waals surface area contributed by atoms with Gasteiger partial charge in [-0.2, -0.15) is 0 Å². The maximum Gasteiger partial charge on any atom is 0.303 e. The fraction of sp³-hybridized carbons (Fsp3) is 0.867. The van der Waals surface area contributed by atoms with E-state index in [9.17, 15) is 14.7 Å². The molecule has 3 nitrogen and oxygen atoms in total. The van der Waals surface area contributed by atoms with Crippen molar-refractivity contribution < 1.29 is 14.7 Å². The van der Waals surface area contributed by atoms with E-state index in [0.29, 0.717) is 34.9 Å². The first-order valence-electron chi connectivity index (χ1n) is 13.9. The van der Waals surface area contributed by atoms with Gasteiger partial charge in [-0.25, -0.2) is 0 Å². The Balaban J connectivity index is 1.56. The average molecular weight is 455 g/mol. The maximum atomic E-state index is 14.2. The summed E-state index contributed by atoms with van der Waals surface area (Å²) in [6, 6.07) is 0. The molecule has 0 aromatic heterocycles. The lowest BCUT2D eigenvalue weighted by atomic mass is 9.34. The van der Waals surface area contributed by atoms with Crippen LogP contribution < -0.4 is 0 Å². The Kier molecular flexibility index (Phi) is 5.32. The number of carboxylic acid groups (broad SMARTS) is 1. The van der Waals surface area contributed by atoms with Crippen molar-refractivity contribution >= 4 is 11.8 Å². The molecule has 4 saturated carbocycles. The lowest BCUT2D eigenvalue weighted by molar-refractivity contribution is -0.181. The molecule has 3 heteroatoms. The molecule has 184 valence electrons. The van der Waals surface area contributed by atoms with Crippen molar-refractivity contribution in [3.63, 3.8) is 0 Å². The van der Waals surface area contributed by atoms with Gasteiger partial charge in [0.25, 0.3) is 0 Å². The molecule has 0 aromatic carbocycles. The molecule has 0 spiro atoms. The summed E-state index contributed by atoms with van der Waals surface area (Å²) >= 11 is 0. The molecule has 10 atom stereocenters. The Morgan fingerprint density at radius 3 is 2.42 bits per heavy atom.